The van der Waals surface area contributed by atoms with Crippen molar-refractivity contribution in [2.45, 2.75) is 13.8 Å². The Morgan fingerprint density at radius 2 is 1.69 bits per heavy atom. The molecule has 0 amide bonds. The number of hydrogen-bond donors (Lipinski definition) is 2. The highest BCUT2D eigenvalue weighted by atomic mass is 19.1. The first kappa shape index (κ1) is 17.2. The smallest absolute Gasteiger partial charge is 0.182 e. The molecule has 0 aliphatic heterocycles. The molecule has 5 rings (SSSR count). The van der Waals surface area contributed by atoms with Crippen LogP contribution in [0.15, 0.2) is 48.9 Å². The van der Waals surface area contributed by atoms with Crippen LogP contribution in [0.3, 0.4) is 0 Å². The number of aromatic amines is 2. The van der Waals surface area contributed by atoms with Crippen molar-refractivity contribution in [3.05, 3.63) is 66.1 Å². The van der Waals surface area contributed by atoms with E-state index in [9.17, 15) is 4.39 Å². The number of hydrogen-bond acceptors (Lipinski definition) is 5. The minimum atomic E-state index is -0.290. The summed E-state index contributed by atoms with van der Waals surface area (Å²) in [6.07, 6.45) is 5.19. The predicted octanol–water partition coefficient (Wildman–Crippen LogP) is 4.23. The van der Waals surface area contributed by atoms with E-state index < -0.39 is 0 Å². The number of halogens is 1. The molecule has 0 aliphatic rings. The van der Waals surface area contributed by atoms with Gasteiger partial charge in [-0.2, -0.15) is 10.2 Å². The first-order chi connectivity index (χ1) is 14.1. The van der Waals surface area contributed by atoms with E-state index in [1.165, 1.54) is 12.1 Å². The molecule has 0 unspecified atom stereocenters. The Hall–Kier alpha value is -3.94. The molecule has 142 valence electrons. The highest BCUT2D eigenvalue weighted by Crippen LogP contribution is 2.35. The molecule has 0 atom stereocenters. The second-order valence-electron chi connectivity index (χ2n) is 6.81. The Labute approximate surface area is 165 Å². The zero-order chi connectivity index (χ0) is 20.0. The maximum absolute atomic E-state index is 13.3. The second kappa shape index (κ2) is 6.59. The van der Waals surface area contributed by atoms with Crippen LogP contribution in [0, 0.1) is 19.7 Å². The number of aromatic nitrogens is 7. The van der Waals surface area contributed by atoms with Gasteiger partial charge >= 0.3 is 0 Å². The van der Waals surface area contributed by atoms with E-state index in [4.69, 9.17) is 4.98 Å². The quantitative estimate of drug-likeness (QED) is 0.485. The van der Waals surface area contributed by atoms with E-state index in [-0.39, 0.29) is 5.82 Å². The lowest BCUT2D eigenvalue weighted by Gasteiger charge is -2.08. The van der Waals surface area contributed by atoms with Crippen molar-refractivity contribution >= 4 is 11.0 Å². The second-order valence-corrected chi connectivity index (χ2v) is 6.81. The number of rotatable bonds is 3. The van der Waals surface area contributed by atoms with Crippen LogP contribution in [0.2, 0.25) is 0 Å². The summed E-state index contributed by atoms with van der Waals surface area (Å²) in [6.45, 7) is 3.84. The molecule has 0 fully saturated rings. The van der Waals surface area contributed by atoms with Crippen LogP contribution < -0.4 is 0 Å². The lowest BCUT2D eigenvalue weighted by Crippen LogP contribution is -1.93. The first-order valence-electron chi connectivity index (χ1n) is 9.04. The lowest BCUT2D eigenvalue weighted by molar-refractivity contribution is 0.628. The molecule has 0 radical (unpaired) electrons. The van der Waals surface area contributed by atoms with Crippen LogP contribution in [0.1, 0.15) is 11.4 Å². The monoisotopic (exact) mass is 385 g/mol. The summed E-state index contributed by atoms with van der Waals surface area (Å²) in [4.78, 5) is 13.6. The number of nitrogens with zero attached hydrogens (tertiary/aromatic N) is 5. The molecule has 5 aromatic rings. The molecule has 7 nitrogen and oxygen atoms in total. The van der Waals surface area contributed by atoms with Gasteiger partial charge in [-0.15, -0.1) is 0 Å². The van der Waals surface area contributed by atoms with E-state index in [0.717, 1.165) is 44.9 Å². The minimum Gasteiger partial charge on any atom is -0.280 e. The molecule has 0 bridgehead atoms. The van der Waals surface area contributed by atoms with Crippen molar-refractivity contribution < 1.29 is 4.39 Å². The van der Waals surface area contributed by atoms with Crippen molar-refractivity contribution in [2.24, 2.45) is 0 Å². The van der Waals surface area contributed by atoms with Gasteiger partial charge in [0.1, 0.15) is 5.82 Å². The van der Waals surface area contributed by atoms with Crippen molar-refractivity contribution in [1.82, 2.24) is 35.3 Å². The molecule has 2 N–H and O–H groups in total. The van der Waals surface area contributed by atoms with Gasteiger partial charge in [0, 0.05) is 28.6 Å². The number of benzene rings is 1. The molecular weight excluding hydrogens is 369 g/mol. The number of nitrogens with one attached hydrogen (secondary N) is 2. The molecule has 0 saturated heterocycles. The van der Waals surface area contributed by atoms with Crippen LogP contribution in [-0.4, -0.2) is 35.3 Å². The van der Waals surface area contributed by atoms with Gasteiger partial charge in [-0.3, -0.25) is 20.2 Å². The number of H-pyrrole nitrogens is 2. The lowest BCUT2D eigenvalue weighted by atomic mass is 10.0. The molecule has 0 spiro atoms. The third kappa shape index (κ3) is 2.94. The van der Waals surface area contributed by atoms with Crippen LogP contribution in [0.5, 0.6) is 0 Å². The molecule has 0 aliphatic carbocycles. The minimum absolute atomic E-state index is 0.290. The first-order valence-corrected chi connectivity index (χ1v) is 9.04. The van der Waals surface area contributed by atoms with Gasteiger partial charge in [-0.05, 0) is 44.2 Å². The predicted molar refractivity (Wildman–Crippen MR) is 107 cm³/mol. The third-order valence-corrected chi connectivity index (χ3v) is 4.81. The summed E-state index contributed by atoms with van der Waals surface area (Å²) in [5.41, 5.74) is 7.01. The standard InChI is InChI=1S/C21H16FN7/c1-11-8-24-18(10-23-11)15-7-17(26-21-19(15)12(2)27-29-21)16-9-25-28-20(16)13-3-5-14(22)6-4-13/h3-10H,1-2H3,(H,25,28)(H,26,27,29). The van der Waals surface area contributed by atoms with Crippen LogP contribution in [0.25, 0.3) is 44.8 Å². The van der Waals surface area contributed by atoms with E-state index in [2.05, 4.69) is 30.4 Å². The molecule has 8 heteroatoms. The average Bonchev–Trinajstić information content (AvgIpc) is 3.36. The maximum Gasteiger partial charge on any atom is 0.182 e. The van der Waals surface area contributed by atoms with Crippen molar-refractivity contribution in [3.63, 3.8) is 0 Å². The van der Waals surface area contributed by atoms with E-state index >= 15 is 0 Å². The van der Waals surface area contributed by atoms with Gasteiger partial charge < -0.3 is 0 Å². The Kier molecular flexibility index (Phi) is 3.90. The Morgan fingerprint density at radius 1 is 0.862 bits per heavy atom. The Bertz CT molecular complexity index is 1320. The van der Waals surface area contributed by atoms with Gasteiger partial charge in [0.15, 0.2) is 5.65 Å². The molecule has 0 saturated carbocycles. The fourth-order valence-corrected chi connectivity index (χ4v) is 3.36. The summed E-state index contributed by atoms with van der Waals surface area (Å²) >= 11 is 0. The van der Waals surface area contributed by atoms with Crippen molar-refractivity contribution in [3.8, 4) is 33.8 Å². The fourth-order valence-electron chi connectivity index (χ4n) is 3.36. The average molecular weight is 385 g/mol. The zero-order valence-corrected chi connectivity index (χ0v) is 15.7. The molecular formula is C21H16FN7. The number of pyridine rings is 1. The van der Waals surface area contributed by atoms with E-state index in [1.54, 1.807) is 30.7 Å². The topological polar surface area (TPSA) is 96.0 Å². The largest absolute Gasteiger partial charge is 0.280 e. The highest BCUT2D eigenvalue weighted by Gasteiger charge is 2.18. The van der Waals surface area contributed by atoms with Crippen molar-refractivity contribution in [2.75, 3.05) is 0 Å². The summed E-state index contributed by atoms with van der Waals surface area (Å²) in [5.74, 6) is -0.290. The van der Waals surface area contributed by atoms with E-state index in [1.807, 2.05) is 19.9 Å². The van der Waals surface area contributed by atoms with Gasteiger partial charge in [0.05, 0.1) is 40.6 Å². The molecule has 29 heavy (non-hydrogen) atoms. The Balaban J connectivity index is 1.73. The molecule has 1 aromatic carbocycles. The fraction of sp³-hybridized carbons (Fsp3) is 0.0952. The maximum atomic E-state index is 13.3. The van der Waals surface area contributed by atoms with Gasteiger partial charge in [-0.1, -0.05) is 0 Å². The zero-order valence-electron chi connectivity index (χ0n) is 15.7. The SMILES string of the molecule is Cc1cnc(-c2cc(-c3cn[nH]c3-c3ccc(F)cc3)nc3n[nH]c(C)c23)cn1. The summed E-state index contributed by atoms with van der Waals surface area (Å²) in [6, 6.07) is 8.20. The van der Waals surface area contributed by atoms with Crippen LogP contribution >= 0.6 is 0 Å². The number of fused-ring (bicyclic) bond motifs is 1. The van der Waals surface area contributed by atoms with Crippen LogP contribution in [0.4, 0.5) is 4.39 Å². The summed E-state index contributed by atoms with van der Waals surface area (Å²) in [5, 5.41) is 15.4. The van der Waals surface area contributed by atoms with Crippen LogP contribution in [-0.2, 0) is 0 Å². The summed E-state index contributed by atoms with van der Waals surface area (Å²) in [7, 11) is 0. The Morgan fingerprint density at radius 3 is 2.45 bits per heavy atom. The molecule has 4 heterocycles. The third-order valence-electron chi connectivity index (χ3n) is 4.81. The van der Waals surface area contributed by atoms with Gasteiger partial charge in [0.2, 0.25) is 0 Å². The number of aryl methyl sites for hydroxylation is 2. The van der Waals surface area contributed by atoms with Gasteiger partial charge in [0.25, 0.3) is 0 Å². The highest BCUT2D eigenvalue weighted by molar-refractivity contribution is 5.96. The molecule has 4 aromatic heterocycles. The van der Waals surface area contributed by atoms with E-state index in [0.29, 0.717) is 11.3 Å². The summed E-state index contributed by atoms with van der Waals surface area (Å²) < 4.78 is 13.3. The van der Waals surface area contributed by atoms with Gasteiger partial charge in [-0.25, -0.2) is 9.37 Å². The normalized spacial score (nSPS) is 11.3. The van der Waals surface area contributed by atoms with Crippen molar-refractivity contribution in [1.29, 1.82) is 0 Å².